The molecule has 2 atom stereocenters. The predicted molar refractivity (Wildman–Crippen MR) is 277 cm³/mol. The molecule has 18 heteroatoms. The number of ether oxygens (including phenoxy) is 2. The number of aromatic nitrogens is 6. The van der Waals surface area contributed by atoms with Gasteiger partial charge in [-0.25, -0.2) is 5.90 Å². The summed E-state index contributed by atoms with van der Waals surface area (Å²) in [5, 5.41) is 34.8. The largest absolute Gasteiger partial charge is 0.460 e. The molecule has 0 saturated carbocycles. The van der Waals surface area contributed by atoms with Gasteiger partial charge in [0, 0.05) is 49.6 Å². The van der Waals surface area contributed by atoms with Crippen molar-refractivity contribution in [2.45, 2.75) is 133 Å². The van der Waals surface area contributed by atoms with Gasteiger partial charge in [0.1, 0.15) is 44.9 Å². The van der Waals surface area contributed by atoms with Gasteiger partial charge in [-0.15, -0.1) is 43.1 Å². The fraction of sp³-hybridized carbons (Fsp3) is 0.396. The van der Waals surface area contributed by atoms with E-state index in [9.17, 15) is 9.59 Å². The first kappa shape index (κ1) is 53.7. The molecule has 5 N–H and O–H groups in total. The number of hydroxylamine groups is 1. The van der Waals surface area contributed by atoms with Gasteiger partial charge in [0.05, 0.1) is 30.8 Å². The molecule has 0 radical (unpaired) electrons. The molecule has 0 unspecified atom stereocenters. The van der Waals surface area contributed by atoms with E-state index >= 15 is 0 Å². The maximum Gasteiger partial charge on any atom is 0.308 e. The molecule has 16 nitrogen and oxygen atoms in total. The van der Waals surface area contributed by atoms with Crippen molar-refractivity contribution >= 4 is 46.0 Å². The predicted octanol–water partition coefficient (Wildman–Crippen LogP) is 9.18. The van der Waals surface area contributed by atoms with Gasteiger partial charge in [0.2, 0.25) is 0 Å². The summed E-state index contributed by atoms with van der Waals surface area (Å²) in [6.45, 7) is 25.7. The molecule has 0 spiro atoms. The Balaban J connectivity index is 0.000000225. The van der Waals surface area contributed by atoms with Gasteiger partial charge in [-0.05, 0) is 118 Å². The molecule has 0 bridgehead atoms. The summed E-state index contributed by atoms with van der Waals surface area (Å²) < 4.78 is 15.3. The van der Waals surface area contributed by atoms with Gasteiger partial charge < -0.3 is 19.9 Å². The second-order valence-electron chi connectivity index (χ2n) is 18.8. The van der Waals surface area contributed by atoms with Gasteiger partial charge in [-0.2, -0.15) is 5.48 Å². The van der Waals surface area contributed by atoms with Crippen LogP contribution in [0.15, 0.2) is 58.5 Å². The number of aryl methyl sites for hydroxylation is 4. The van der Waals surface area contributed by atoms with Gasteiger partial charge in [0.15, 0.2) is 11.6 Å². The van der Waals surface area contributed by atoms with E-state index in [1.807, 2.05) is 113 Å². The number of benzene rings is 2. The number of nitrogens with one attached hydrogen (secondary N) is 1. The molecule has 0 fully saturated rings. The van der Waals surface area contributed by atoms with Crippen molar-refractivity contribution in [2.75, 3.05) is 6.54 Å². The molecule has 2 aliphatic rings. The molecule has 0 saturated heterocycles. The Labute approximate surface area is 423 Å². The van der Waals surface area contributed by atoms with Crippen LogP contribution in [0.5, 0.6) is 0 Å². The summed E-state index contributed by atoms with van der Waals surface area (Å²) in [6, 6.07) is 14.9. The van der Waals surface area contributed by atoms with E-state index in [0.29, 0.717) is 11.6 Å². The Morgan fingerprint density at radius 3 is 1.38 bits per heavy atom. The molecule has 6 heterocycles. The Hall–Kier alpha value is -6.64. The zero-order chi connectivity index (χ0) is 51.9. The first-order valence-corrected chi connectivity index (χ1v) is 24.8. The summed E-state index contributed by atoms with van der Waals surface area (Å²) in [5.41, 5.74) is 10.6. The number of hydrogen-bond donors (Lipinski definition) is 4. The van der Waals surface area contributed by atoms with Crippen LogP contribution in [-0.2, 0) is 19.1 Å². The van der Waals surface area contributed by atoms with Crippen molar-refractivity contribution in [2.24, 2.45) is 15.9 Å². The maximum atomic E-state index is 12.8. The Kier molecular flexibility index (Phi) is 17.1. The van der Waals surface area contributed by atoms with Crippen molar-refractivity contribution in [1.82, 2.24) is 35.0 Å². The van der Waals surface area contributed by atoms with Gasteiger partial charge in [-0.1, -0.05) is 54.9 Å². The minimum Gasteiger partial charge on any atom is -0.460 e. The minimum atomic E-state index is -0.591. The van der Waals surface area contributed by atoms with Crippen LogP contribution in [0.4, 0.5) is 0 Å². The van der Waals surface area contributed by atoms with Crippen LogP contribution in [0.25, 0.3) is 10.0 Å². The third-order valence-electron chi connectivity index (χ3n) is 11.2. The molecule has 372 valence electrons. The summed E-state index contributed by atoms with van der Waals surface area (Å²) in [4.78, 5) is 38.3. The van der Waals surface area contributed by atoms with Crippen molar-refractivity contribution in [1.29, 1.82) is 0 Å². The fourth-order valence-electron chi connectivity index (χ4n) is 7.93. The van der Waals surface area contributed by atoms with Crippen LogP contribution in [0.3, 0.4) is 0 Å². The quantitative estimate of drug-likeness (QED) is 0.0669. The molecular weight excluding hydrogens is 937 g/mol. The molecule has 4 aromatic heterocycles. The summed E-state index contributed by atoms with van der Waals surface area (Å²) >= 11 is 3.37. The van der Waals surface area contributed by atoms with Crippen LogP contribution >= 0.6 is 22.7 Å². The van der Waals surface area contributed by atoms with Crippen LogP contribution < -0.4 is 11.4 Å². The molecule has 71 heavy (non-hydrogen) atoms. The molecule has 2 aliphatic heterocycles. The van der Waals surface area contributed by atoms with E-state index in [2.05, 4.69) is 89.8 Å². The van der Waals surface area contributed by atoms with Crippen LogP contribution in [0, 0.1) is 65.2 Å². The van der Waals surface area contributed by atoms with Crippen LogP contribution in [-0.4, -0.2) is 81.1 Å². The highest BCUT2D eigenvalue weighted by molar-refractivity contribution is 7.15. The molecule has 0 amide bonds. The van der Waals surface area contributed by atoms with Crippen LogP contribution in [0.2, 0.25) is 0 Å². The molecular formula is C53H62N10O6S2. The minimum absolute atomic E-state index is 0.0591. The molecule has 8 rings (SSSR count). The second kappa shape index (κ2) is 22.6. The third-order valence-corrected chi connectivity index (χ3v) is 13.6. The lowest BCUT2D eigenvalue weighted by Gasteiger charge is -2.21. The zero-order valence-electron chi connectivity index (χ0n) is 42.6. The summed E-state index contributed by atoms with van der Waals surface area (Å²) in [5.74, 6) is 17.8. The normalized spacial score (nSPS) is 14.5. The fourth-order valence-corrected chi connectivity index (χ4v) is 10.4. The number of thiophene rings is 2. The number of hydrogen-bond acceptors (Lipinski definition) is 16. The van der Waals surface area contributed by atoms with E-state index < -0.39 is 23.3 Å². The maximum absolute atomic E-state index is 12.8. The number of fused-ring (bicyclic) bond motifs is 6. The van der Waals surface area contributed by atoms with Gasteiger partial charge in [0.25, 0.3) is 0 Å². The monoisotopic (exact) mass is 998 g/mol. The highest BCUT2D eigenvalue weighted by atomic mass is 32.1. The average Bonchev–Trinajstić information content (AvgIpc) is 4.00. The zero-order valence-corrected chi connectivity index (χ0v) is 44.2. The Morgan fingerprint density at radius 1 is 0.648 bits per heavy atom. The molecule has 6 aromatic rings. The topological polar surface area (TPSA) is 217 Å². The Bertz CT molecular complexity index is 3100. The first-order chi connectivity index (χ1) is 33.7. The number of nitrogens with two attached hydrogens (primary N) is 1. The van der Waals surface area contributed by atoms with E-state index in [1.54, 1.807) is 22.7 Å². The second-order valence-corrected chi connectivity index (χ2v) is 21.2. The summed E-state index contributed by atoms with van der Waals surface area (Å²) in [7, 11) is 0. The number of nitrogens with zero attached hydrogens (tertiary/aromatic N) is 8. The highest BCUT2D eigenvalue weighted by Gasteiger charge is 2.35. The van der Waals surface area contributed by atoms with Crippen molar-refractivity contribution in [3.8, 4) is 33.7 Å². The molecule has 2 aromatic carbocycles. The lowest BCUT2D eigenvalue weighted by Crippen LogP contribution is -2.25. The average molecular weight is 999 g/mol. The third kappa shape index (κ3) is 12.5. The van der Waals surface area contributed by atoms with Crippen molar-refractivity contribution in [3.05, 3.63) is 126 Å². The standard InChI is InChI=1S/C27H30N4O2S.C26H29N5O3S.H3NO/c1-8-9-10-19-11-13-20(14-12-19)24-23-16(2)17(3)34-26(23)31-18(4)29-30-25(31)21(28-24)15-22(32)33-27(5,6)7;1-15-16(2)35-25-22(15)23(19-11-9-18(10-12-19)8-7-13-27-33)28-20(14-21(32)34-26(4,5)6)24-30-29-17(3)31(24)25;1-2/h11-14,21H,8,15H2,1-7H3;9-12,20,27,33H,13-14H2,1-6H3;2H,1H2/t21-;20-;/m00./s1. The van der Waals surface area contributed by atoms with Gasteiger partial charge >= 0.3 is 11.9 Å². The number of esters is 2. The van der Waals surface area contributed by atoms with E-state index in [4.69, 9.17) is 29.9 Å². The van der Waals surface area contributed by atoms with Crippen LogP contribution in [0.1, 0.15) is 157 Å². The van der Waals surface area contributed by atoms with Crippen molar-refractivity contribution in [3.63, 3.8) is 0 Å². The Morgan fingerprint density at radius 2 is 1.03 bits per heavy atom. The SMILES string of the molecule is CCC#Cc1ccc(C2=N[C@@H](CC(=O)OC(C)(C)C)c3nnc(C)n3-c3sc(C)c(C)c32)cc1.Cc1sc2c(c1C)C(c1ccc(C#CCNO)cc1)=N[C@@H](CC(=O)OC(C)(C)C)c1nnc(C)n1-2.NO. The number of carbonyl (C=O) groups excluding carboxylic acids is 2. The number of carbonyl (C=O) groups is 2. The first-order valence-electron chi connectivity index (χ1n) is 23.1. The van der Waals surface area contributed by atoms with E-state index in [0.717, 1.165) is 78.4 Å². The lowest BCUT2D eigenvalue weighted by molar-refractivity contribution is -0.156. The summed E-state index contributed by atoms with van der Waals surface area (Å²) in [6.07, 6.45) is 0.964. The van der Waals surface area contributed by atoms with E-state index in [-0.39, 0.29) is 31.3 Å². The van der Waals surface area contributed by atoms with Crippen molar-refractivity contribution < 1.29 is 29.5 Å². The molecule has 0 aliphatic carbocycles. The van der Waals surface area contributed by atoms with Gasteiger partial charge in [-0.3, -0.25) is 28.7 Å². The number of rotatable bonds is 7. The smallest absolute Gasteiger partial charge is 0.308 e. The number of aliphatic imine (C=N–C) groups is 2. The highest BCUT2D eigenvalue weighted by Crippen LogP contribution is 2.41. The lowest BCUT2D eigenvalue weighted by atomic mass is 9.98. The van der Waals surface area contributed by atoms with E-state index in [1.165, 1.54) is 15.3 Å².